The van der Waals surface area contributed by atoms with Crippen molar-refractivity contribution in [2.24, 2.45) is 7.05 Å². The summed E-state index contributed by atoms with van der Waals surface area (Å²) in [5, 5.41) is 5.51. The van der Waals surface area contributed by atoms with E-state index in [1.807, 2.05) is 17.9 Å². The van der Waals surface area contributed by atoms with E-state index in [2.05, 4.69) is 35.2 Å². The number of methoxy groups -OCH3 is 1. The number of hydrogen-bond acceptors (Lipinski definition) is 4. The number of fused-ring (bicyclic) bond motifs is 1. The largest absolute Gasteiger partial charge is 0.383 e. The zero-order chi connectivity index (χ0) is 16.2. The van der Waals surface area contributed by atoms with Gasteiger partial charge in [-0.2, -0.15) is 5.10 Å². The molecule has 0 amide bonds. The van der Waals surface area contributed by atoms with Crippen molar-refractivity contribution in [2.45, 2.75) is 31.5 Å². The van der Waals surface area contributed by atoms with E-state index in [-0.39, 0.29) is 0 Å². The maximum absolute atomic E-state index is 6.23. The summed E-state index contributed by atoms with van der Waals surface area (Å²) in [7, 11) is 5.85. The highest BCUT2D eigenvalue weighted by molar-refractivity contribution is 5.79. The number of likely N-dealkylation sites (N-methyl/N-ethyl adjacent to an activating group) is 1. The predicted molar refractivity (Wildman–Crippen MR) is 91.7 cm³/mol. The van der Waals surface area contributed by atoms with Crippen LogP contribution in [0, 0.1) is 0 Å². The summed E-state index contributed by atoms with van der Waals surface area (Å²) in [5.41, 5.74) is 2.52. The van der Waals surface area contributed by atoms with E-state index < -0.39 is 0 Å². The summed E-state index contributed by atoms with van der Waals surface area (Å²) in [6, 6.07) is 6.60. The van der Waals surface area contributed by atoms with Crippen LogP contribution >= 0.6 is 0 Å². The van der Waals surface area contributed by atoms with Crippen molar-refractivity contribution in [3.8, 4) is 0 Å². The van der Waals surface area contributed by atoms with Crippen LogP contribution in [0.15, 0.2) is 24.4 Å². The first-order chi connectivity index (χ1) is 11.2. The highest BCUT2D eigenvalue weighted by Crippen LogP contribution is 2.25. The monoisotopic (exact) mass is 317 g/mol. The third-order valence-electron chi connectivity index (χ3n) is 4.66. The minimum atomic E-state index is 0.338. The van der Waals surface area contributed by atoms with Gasteiger partial charge in [-0.05, 0) is 44.0 Å². The van der Waals surface area contributed by atoms with Crippen molar-refractivity contribution in [3.63, 3.8) is 0 Å². The van der Waals surface area contributed by atoms with Gasteiger partial charge in [0, 0.05) is 32.6 Å². The molecule has 2 heterocycles. The standard InChI is InChI=1S/C18H27N3O2/c1-20(8-9-22-3)13-17-6-5-16(23-17)11-14-4-7-18-15(10-14)12-19-21(18)2/h4,7,10,12,16-17H,5-6,8-9,11,13H2,1-3H3/t16-,17+/m0/s1. The van der Waals surface area contributed by atoms with Gasteiger partial charge in [-0.1, -0.05) is 6.07 Å². The van der Waals surface area contributed by atoms with Gasteiger partial charge in [0.05, 0.1) is 30.5 Å². The van der Waals surface area contributed by atoms with Crippen molar-refractivity contribution in [3.05, 3.63) is 30.0 Å². The Morgan fingerprint density at radius 1 is 1.35 bits per heavy atom. The Balaban J connectivity index is 1.52. The van der Waals surface area contributed by atoms with Crippen molar-refractivity contribution >= 4 is 10.9 Å². The molecule has 23 heavy (non-hydrogen) atoms. The molecule has 0 radical (unpaired) electrons. The summed E-state index contributed by atoms with van der Waals surface area (Å²) >= 11 is 0. The van der Waals surface area contributed by atoms with Crippen LogP contribution in [0.1, 0.15) is 18.4 Å². The van der Waals surface area contributed by atoms with E-state index in [1.165, 1.54) is 16.5 Å². The molecule has 0 bridgehead atoms. The minimum Gasteiger partial charge on any atom is -0.383 e. The van der Waals surface area contributed by atoms with Crippen LogP contribution < -0.4 is 0 Å². The number of aromatic nitrogens is 2. The first-order valence-corrected chi connectivity index (χ1v) is 8.39. The summed E-state index contributed by atoms with van der Waals surface area (Å²) in [4.78, 5) is 2.29. The first kappa shape index (κ1) is 16.4. The van der Waals surface area contributed by atoms with E-state index in [1.54, 1.807) is 7.11 Å². The minimum absolute atomic E-state index is 0.338. The average Bonchev–Trinajstić information content (AvgIpc) is 3.12. The van der Waals surface area contributed by atoms with Gasteiger partial charge in [0.2, 0.25) is 0 Å². The number of hydrogen-bond donors (Lipinski definition) is 0. The van der Waals surface area contributed by atoms with E-state index in [0.717, 1.165) is 39.0 Å². The number of rotatable bonds is 7. The Morgan fingerprint density at radius 2 is 2.17 bits per heavy atom. The molecule has 126 valence electrons. The van der Waals surface area contributed by atoms with Gasteiger partial charge in [0.1, 0.15) is 0 Å². The molecular weight excluding hydrogens is 290 g/mol. The van der Waals surface area contributed by atoms with E-state index in [9.17, 15) is 0 Å². The number of benzene rings is 1. The molecule has 1 aliphatic heterocycles. The highest BCUT2D eigenvalue weighted by atomic mass is 16.5. The van der Waals surface area contributed by atoms with Gasteiger partial charge >= 0.3 is 0 Å². The summed E-state index contributed by atoms with van der Waals surface area (Å²) < 4.78 is 13.3. The molecule has 0 aliphatic carbocycles. The van der Waals surface area contributed by atoms with Crippen molar-refractivity contribution in [1.29, 1.82) is 0 Å². The fourth-order valence-electron chi connectivity index (χ4n) is 3.35. The Kier molecular flexibility index (Phi) is 5.30. The van der Waals surface area contributed by atoms with E-state index >= 15 is 0 Å². The molecular formula is C18H27N3O2. The van der Waals surface area contributed by atoms with Gasteiger partial charge in [0.15, 0.2) is 0 Å². The normalized spacial score (nSPS) is 21.6. The highest BCUT2D eigenvalue weighted by Gasteiger charge is 2.26. The number of ether oxygens (including phenoxy) is 2. The molecule has 2 atom stereocenters. The topological polar surface area (TPSA) is 39.5 Å². The molecule has 2 aromatic rings. The fraction of sp³-hybridized carbons (Fsp3) is 0.611. The molecule has 1 aliphatic rings. The molecule has 5 nitrogen and oxygen atoms in total. The van der Waals surface area contributed by atoms with Crippen LogP contribution in [0.4, 0.5) is 0 Å². The lowest BCUT2D eigenvalue weighted by atomic mass is 10.0. The van der Waals surface area contributed by atoms with Crippen LogP contribution in [0.5, 0.6) is 0 Å². The molecule has 0 saturated carbocycles. The van der Waals surface area contributed by atoms with Gasteiger partial charge in [-0.15, -0.1) is 0 Å². The second-order valence-corrected chi connectivity index (χ2v) is 6.58. The number of aryl methyl sites for hydroxylation is 1. The van der Waals surface area contributed by atoms with Crippen LogP contribution in [-0.2, 0) is 22.9 Å². The molecule has 3 rings (SSSR count). The van der Waals surface area contributed by atoms with Crippen LogP contribution in [-0.4, -0.2) is 60.7 Å². The molecule has 0 N–H and O–H groups in total. The van der Waals surface area contributed by atoms with Gasteiger partial charge in [0.25, 0.3) is 0 Å². The molecule has 0 spiro atoms. The second-order valence-electron chi connectivity index (χ2n) is 6.58. The zero-order valence-electron chi connectivity index (χ0n) is 14.4. The Hall–Kier alpha value is -1.43. The average molecular weight is 317 g/mol. The maximum atomic E-state index is 6.23. The van der Waals surface area contributed by atoms with E-state index in [4.69, 9.17) is 9.47 Å². The molecule has 5 heteroatoms. The maximum Gasteiger partial charge on any atom is 0.0706 e. The lowest BCUT2D eigenvalue weighted by Crippen LogP contribution is -2.32. The molecule has 0 unspecified atom stereocenters. The van der Waals surface area contributed by atoms with Crippen molar-refractivity contribution in [1.82, 2.24) is 14.7 Å². The lowest BCUT2D eigenvalue weighted by molar-refractivity contribution is 0.0241. The molecule has 1 fully saturated rings. The number of nitrogens with zero attached hydrogens (tertiary/aromatic N) is 3. The Morgan fingerprint density at radius 3 is 3.00 bits per heavy atom. The summed E-state index contributed by atoms with van der Waals surface area (Å²) in [6.07, 6.45) is 5.91. The SMILES string of the molecule is COCCN(C)C[C@H]1CC[C@@H](Cc2ccc3c(cnn3C)c2)O1. The van der Waals surface area contributed by atoms with Crippen LogP contribution in [0.3, 0.4) is 0 Å². The van der Waals surface area contributed by atoms with Crippen molar-refractivity contribution < 1.29 is 9.47 Å². The quantitative estimate of drug-likeness (QED) is 0.785. The smallest absolute Gasteiger partial charge is 0.0706 e. The van der Waals surface area contributed by atoms with Crippen LogP contribution in [0.2, 0.25) is 0 Å². The molecule has 1 aromatic carbocycles. The zero-order valence-corrected chi connectivity index (χ0v) is 14.4. The summed E-state index contributed by atoms with van der Waals surface area (Å²) in [6.45, 7) is 2.72. The Labute approximate surface area is 138 Å². The molecule has 1 aromatic heterocycles. The first-order valence-electron chi connectivity index (χ1n) is 8.39. The van der Waals surface area contributed by atoms with Crippen molar-refractivity contribution in [2.75, 3.05) is 33.9 Å². The molecule has 1 saturated heterocycles. The van der Waals surface area contributed by atoms with Crippen LogP contribution in [0.25, 0.3) is 10.9 Å². The summed E-state index contributed by atoms with van der Waals surface area (Å²) in [5.74, 6) is 0. The van der Waals surface area contributed by atoms with Gasteiger partial charge < -0.3 is 14.4 Å². The van der Waals surface area contributed by atoms with Gasteiger partial charge in [-0.3, -0.25) is 4.68 Å². The second kappa shape index (κ2) is 7.43. The predicted octanol–water partition coefficient (Wildman–Crippen LogP) is 2.24. The third-order valence-corrected chi connectivity index (χ3v) is 4.66. The fourth-order valence-corrected chi connectivity index (χ4v) is 3.35. The Bertz CT molecular complexity index is 640. The third kappa shape index (κ3) is 4.10. The van der Waals surface area contributed by atoms with Gasteiger partial charge in [-0.25, -0.2) is 0 Å². The lowest BCUT2D eigenvalue weighted by Gasteiger charge is -2.21. The van der Waals surface area contributed by atoms with E-state index in [0.29, 0.717) is 12.2 Å².